The summed E-state index contributed by atoms with van der Waals surface area (Å²) < 4.78 is 0. The van der Waals surface area contributed by atoms with Crippen LogP contribution in [0.3, 0.4) is 0 Å². The van der Waals surface area contributed by atoms with Crippen molar-refractivity contribution in [3.63, 3.8) is 0 Å². The summed E-state index contributed by atoms with van der Waals surface area (Å²) >= 11 is 5.66. The van der Waals surface area contributed by atoms with Gasteiger partial charge in [-0.25, -0.2) is 9.78 Å². The van der Waals surface area contributed by atoms with Gasteiger partial charge in [-0.2, -0.15) is 0 Å². The second kappa shape index (κ2) is 5.82. The van der Waals surface area contributed by atoms with E-state index in [1.165, 1.54) is 25.3 Å². The first-order valence-corrected chi connectivity index (χ1v) is 5.94. The van der Waals surface area contributed by atoms with Gasteiger partial charge in [0.05, 0.1) is 5.02 Å². The fraction of sp³-hybridized carbons (Fsp3) is 0.417. The molecule has 1 atom stereocenters. The Morgan fingerprint density at radius 3 is 2.61 bits per heavy atom. The number of carboxylic acids is 1. The molecule has 1 aromatic rings. The second-order valence-corrected chi connectivity index (χ2v) is 4.64. The lowest BCUT2D eigenvalue weighted by Gasteiger charge is -2.25. The van der Waals surface area contributed by atoms with Gasteiger partial charge < -0.3 is 10.4 Å². The quantitative estimate of drug-likeness (QED) is 0.859. The van der Waals surface area contributed by atoms with Crippen LogP contribution < -0.4 is 5.32 Å². The molecule has 0 bridgehead atoms. The minimum Gasteiger partial charge on any atom is -0.480 e. The van der Waals surface area contributed by atoms with Gasteiger partial charge >= 0.3 is 5.97 Å². The van der Waals surface area contributed by atoms with Crippen molar-refractivity contribution < 1.29 is 14.7 Å². The largest absolute Gasteiger partial charge is 0.480 e. The van der Waals surface area contributed by atoms with Crippen LogP contribution in [-0.2, 0) is 4.79 Å². The highest BCUT2D eigenvalue weighted by atomic mass is 35.5. The van der Waals surface area contributed by atoms with Crippen LogP contribution in [-0.4, -0.2) is 27.5 Å². The summed E-state index contributed by atoms with van der Waals surface area (Å²) in [6, 6.07) is 2.98. The zero-order chi connectivity index (χ0) is 13.8. The highest BCUT2D eigenvalue weighted by Gasteiger charge is 2.34. The van der Waals surface area contributed by atoms with E-state index in [1.807, 2.05) is 6.92 Å². The van der Waals surface area contributed by atoms with E-state index in [0.29, 0.717) is 17.9 Å². The van der Waals surface area contributed by atoms with E-state index >= 15 is 0 Å². The van der Waals surface area contributed by atoms with Crippen molar-refractivity contribution in [2.75, 3.05) is 0 Å². The molecule has 1 rings (SSSR count). The summed E-state index contributed by atoms with van der Waals surface area (Å²) in [7, 11) is 0. The molecular weight excluding hydrogens is 256 g/mol. The lowest BCUT2D eigenvalue weighted by molar-refractivity contribution is -0.144. The number of amides is 1. The van der Waals surface area contributed by atoms with E-state index < -0.39 is 17.4 Å². The number of hydrogen-bond donors (Lipinski definition) is 2. The Bertz CT molecular complexity index is 447. The van der Waals surface area contributed by atoms with Gasteiger partial charge in [-0.05, 0) is 25.5 Å². The molecule has 1 aromatic heterocycles. The van der Waals surface area contributed by atoms with Crippen LogP contribution >= 0.6 is 11.6 Å². The van der Waals surface area contributed by atoms with Crippen molar-refractivity contribution in [2.45, 2.75) is 32.2 Å². The van der Waals surface area contributed by atoms with Crippen molar-refractivity contribution in [1.29, 1.82) is 0 Å². The van der Waals surface area contributed by atoms with Gasteiger partial charge in [-0.15, -0.1) is 0 Å². The van der Waals surface area contributed by atoms with Crippen molar-refractivity contribution in [3.05, 3.63) is 29.0 Å². The minimum atomic E-state index is -1.28. The number of hydrogen-bond acceptors (Lipinski definition) is 3. The van der Waals surface area contributed by atoms with E-state index in [1.54, 1.807) is 0 Å². The molecular formula is C12H15ClN2O3. The first-order chi connectivity index (χ1) is 8.39. The number of pyridine rings is 1. The number of nitrogens with zero attached hydrogens (tertiary/aromatic N) is 1. The first-order valence-electron chi connectivity index (χ1n) is 5.56. The molecule has 0 radical (unpaired) electrons. The lowest BCUT2D eigenvalue weighted by Crippen LogP contribution is -2.52. The molecule has 0 aliphatic carbocycles. The van der Waals surface area contributed by atoms with Crippen LogP contribution in [0.25, 0.3) is 0 Å². The maximum absolute atomic E-state index is 11.9. The molecule has 5 nitrogen and oxygen atoms in total. The summed E-state index contributed by atoms with van der Waals surface area (Å²) in [5.41, 5.74) is -1.14. The van der Waals surface area contributed by atoms with Crippen LogP contribution in [0.2, 0.25) is 5.02 Å². The number of aromatic nitrogens is 1. The molecule has 0 fully saturated rings. The highest BCUT2D eigenvalue weighted by Crippen LogP contribution is 2.14. The third-order valence-corrected chi connectivity index (χ3v) is 2.80. The fourth-order valence-electron chi connectivity index (χ4n) is 1.55. The molecule has 98 valence electrons. The van der Waals surface area contributed by atoms with Gasteiger partial charge in [0.25, 0.3) is 5.91 Å². The average molecular weight is 271 g/mol. The maximum atomic E-state index is 11.9. The second-order valence-electron chi connectivity index (χ2n) is 4.20. The Balaban J connectivity index is 2.85. The van der Waals surface area contributed by atoms with Gasteiger partial charge in [0.15, 0.2) is 0 Å². The SMILES string of the molecule is CCCC(C)(NC(=O)c1ccc(Cl)cn1)C(=O)O. The molecule has 0 spiro atoms. The van der Waals surface area contributed by atoms with Crippen LogP contribution in [0.4, 0.5) is 0 Å². The number of rotatable bonds is 5. The van der Waals surface area contributed by atoms with E-state index in [0.717, 1.165) is 0 Å². The smallest absolute Gasteiger partial charge is 0.329 e. The van der Waals surface area contributed by atoms with Crippen LogP contribution in [0.1, 0.15) is 37.2 Å². The zero-order valence-electron chi connectivity index (χ0n) is 10.2. The summed E-state index contributed by atoms with van der Waals surface area (Å²) in [5, 5.41) is 12.1. The third kappa shape index (κ3) is 3.43. The molecule has 1 unspecified atom stereocenters. The number of nitrogens with one attached hydrogen (secondary N) is 1. The summed E-state index contributed by atoms with van der Waals surface area (Å²) in [6.07, 6.45) is 2.34. The number of carbonyl (C=O) groups is 2. The predicted molar refractivity (Wildman–Crippen MR) is 67.7 cm³/mol. The Morgan fingerprint density at radius 2 is 2.17 bits per heavy atom. The van der Waals surface area contributed by atoms with E-state index in [-0.39, 0.29) is 5.69 Å². The van der Waals surface area contributed by atoms with E-state index in [9.17, 15) is 9.59 Å². The number of carbonyl (C=O) groups excluding carboxylic acids is 1. The molecule has 6 heteroatoms. The van der Waals surface area contributed by atoms with Crippen LogP contribution in [0, 0.1) is 0 Å². The van der Waals surface area contributed by atoms with Gasteiger partial charge in [0.1, 0.15) is 11.2 Å². The number of carboxylic acid groups (broad SMARTS) is 1. The summed E-state index contributed by atoms with van der Waals surface area (Å²) in [6.45, 7) is 3.33. The Kier molecular flexibility index (Phi) is 4.67. The zero-order valence-corrected chi connectivity index (χ0v) is 11.0. The molecule has 0 aromatic carbocycles. The molecule has 2 N–H and O–H groups in total. The molecule has 1 heterocycles. The Labute approximate surface area is 110 Å². The lowest BCUT2D eigenvalue weighted by atomic mass is 9.96. The first kappa shape index (κ1) is 14.4. The van der Waals surface area contributed by atoms with Crippen molar-refractivity contribution in [1.82, 2.24) is 10.3 Å². The van der Waals surface area contributed by atoms with Crippen molar-refractivity contribution >= 4 is 23.5 Å². The van der Waals surface area contributed by atoms with Crippen molar-refractivity contribution in [2.24, 2.45) is 0 Å². The standard InChI is InChI=1S/C12H15ClN2O3/c1-3-6-12(2,11(17)18)15-10(16)9-5-4-8(13)7-14-9/h4-5,7H,3,6H2,1-2H3,(H,15,16)(H,17,18). The Hall–Kier alpha value is -1.62. The highest BCUT2D eigenvalue weighted by molar-refractivity contribution is 6.30. The fourth-order valence-corrected chi connectivity index (χ4v) is 1.66. The number of halogens is 1. The molecule has 18 heavy (non-hydrogen) atoms. The topological polar surface area (TPSA) is 79.3 Å². The minimum absolute atomic E-state index is 0.142. The van der Waals surface area contributed by atoms with Crippen LogP contribution in [0.5, 0.6) is 0 Å². The average Bonchev–Trinajstić information content (AvgIpc) is 2.29. The number of aliphatic carboxylic acids is 1. The van der Waals surface area contributed by atoms with E-state index in [4.69, 9.17) is 16.7 Å². The predicted octanol–water partition coefficient (Wildman–Crippen LogP) is 2.11. The Morgan fingerprint density at radius 1 is 1.50 bits per heavy atom. The maximum Gasteiger partial charge on any atom is 0.329 e. The van der Waals surface area contributed by atoms with Gasteiger partial charge in [0, 0.05) is 6.20 Å². The normalized spacial score (nSPS) is 13.7. The molecule has 0 aliphatic rings. The monoisotopic (exact) mass is 270 g/mol. The van der Waals surface area contributed by atoms with Crippen LogP contribution in [0.15, 0.2) is 18.3 Å². The molecule has 0 aliphatic heterocycles. The summed E-state index contributed by atoms with van der Waals surface area (Å²) in [5.74, 6) is -1.59. The van der Waals surface area contributed by atoms with Gasteiger partial charge in [-0.3, -0.25) is 4.79 Å². The van der Waals surface area contributed by atoms with Crippen molar-refractivity contribution in [3.8, 4) is 0 Å². The van der Waals surface area contributed by atoms with Gasteiger partial charge in [-0.1, -0.05) is 24.9 Å². The molecule has 0 saturated carbocycles. The summed E-state index contributed by atoms with van der Waals surface area (Å²) in [4.78, 5) is 26.9. The van der Waals surface area contributed by atoms with Gasteiger partial charge in [0.2, 0.25) is 0 Å². The molecule has 1 amide bonds. The van der Waals surface area contributed by atoms with E-state index in [2.05, 4.69) is 10.3 Å². The molecule has 0 saturated heterocycles. The third-order valence-electron chi connectivity index (χ3n) is 2.57.